The molecule has 0 aromatic heterocycles. The molecule has 1 saturated carbocycles. The number of carboxylic acids is 1. The molecule has 0 spiro atoms. The molecule has 0 bridgehead atoms. The number of carbonyl (C=O) groups is 1. The van der Waals surface area contributed by atoms with Crippen LogP contribution in [-0.2, 0) is 4.79 Å². The first-order valence-electron chi connectivity index (χ1n) is 7.83. The van der Waals surface area contributed by atoms with E-state index in [2.05, 4.69) is 22.0 Å². The van der Waals surface area contributed by atoms with E-state index in [1.165, 1.54) is 19.4 Å². The Labute approximate surface area is 122 Å². The van der Waals surface area contributed by atoms with E-state index in [0.29, 0.717) is 12.5 Å². The predicted molar refractivity (Wildman–Crippen MR) is 79.9 cm³/mol. The van der Waals surface area contributed by atoms with E-state index in [-0.39, 0.29) is 0 Å². The summed E-state index contributed by atoms with van der Waals surface area (Å²) < 4.78 is 0. The van der Waals surface area contributed by atoms with Crippen molar-refractivity contribution < 1.29 is 9.90 Å². The molecule has 116 valence electrons. The number of aliphatic carboxylic acids is 1. The van der Waals surface area contributed by atoms with Crippen LogP contribution >= 0.6 is 0 Å². The van der Waals surface area contributed by atoms with Crippen molar-refractivity contribution in [3.63, 3.8) is 0 Å². The highest BCUT2D eigenvalue weighted by Gasteiger charge is 2.35. The van der Waals surface area contributed by atoms with Gasteiger partial charge in [-0.05, 0) is 46.1 Å². The molecule has 2 N–H and O–H groups in total. The maximum absolute atomic E-state index is 11.4. The second-order valence-corrected chi connectivity index (χ2v) is 6.72. The van der Waals surface area contributed by atoms with E-state index in [0.717, 1.165) is 32.1 Å². The van der Waals surface area contributed by atoms with E-state index in [1.54, 1.807) is 14.0 Å². The lowest BCUT2D eigenvalue weighted by Gasteiger charge is -2.40. The molecule has 2 aliphatic rings. The first kappa shape index (κ1) is 15.7. The van der Waals surface area contributed by atoms with Crippen molar-refractivity contribution >= 4 is 5.97 Å². The summed E-state index contributed by atoms with van der Waals surface area (Å²) in [6.07, 6.45) is 3.47. The molecule has 2 rings (SSSR count). The molecule has 2 atom stereocenters. The van der Waals surface area contributed by atoms with Gasteiger partial charge in [-0.2, -0.15) is 0 Å². The average molecular weight is 283 g/mol. The molecular formula is C15H29N3O2. The number of nitrogens with zero attached hydrogens (tertiary/aromatic N) is 2. The van der Waals surface area contributed by atoms with Crippen LogP contribution in [0.25, 0.3) is 0 Å². The van der Waals surface area contributed by atoms with Crippen LogP contribution in [0.4, 0.5) is 0 Å². The van der Waals surface area contributed by atoms with Gasteiger partial charge in [0.1, 0.15) is 5.54 Å². The standard InChI is InChI=1S/C15H29N3O2/c1-12(10-15(2,16-3)14(19)20)18-8-6-17(7-9-18)11-13-4-5-13/h12-13,16H,4-11H2,1-3H3,(H,19,20). The van der Waals surface area contributed by atoms with Crippen molar-refractivity contribution in [2.24, 2.45) is 5.92 Å². The molecule has 1 saturated heterocycles. The molecule has 0 amide bonds. The number of nitrogens with one attached hydrogen (secondary N) is 1. The van der Waals surface area contributed by atoms with Crippen LogP contribution in [0.3, 0.4) is 0 Å². The first-order valence-corrected chi connectivity index (χ1v) is 7.83. The number of hydrogen-bond acceptors (Lipinski definition) is 4. The third kappa shape index (κ3) is 3.93. The third-order valence-corrected chi connectivity index (χ3v) is 4.97. The van der Waals surface area contributed by atoms with Crippen molar-refractivity contribution in [3.8, 4) is 0 Å². The largest absolute Gasteiger partial charge is 0.480 e. The second-order valence-electron chi connectivity index (χ2n) is 6.72. The van der Waals surface area contributed by atoms with Crippen molar-refractivity contribution in [1.29, 1.82) is 0 Å². The number of rotatable bonds is 7. The minimum Gasteiger partial charge on any atom is -0.480 e. The van der Waals surface area contributed by atoms with Crippen LogP contribution in [0.15, 0.2) is 0 Å². The summed E-state index contributed by atoms with van der Waals surface area (Å²) in [5, 5.41) is 12.3. The third-order valence-electron chi connectivity index (χ3n) is 4.97. The zero-order valence-corrected chi connectivity index (χ0v) is 13.1. The second kappa shape index (κ2) is 6.41. The Bertz CT molecular complexity index is 338. The molecule has 2 fully saturated rings. The molecule has 2 unspecified atom stereocenters. The monoisotopic (exact) mass is 283 g/mol. The van der Waals surface area contributed by atoms with Crippen molar-refractivity contribution in [2.75, 3.05) is 39.8 Å². The highest BCUT2D eigenvalue weighted by Crippen LogP contribution is 2.30. The number of likely N-dealkylation sites (N-methyl/N-ethyl adjacent to an activating group) is 1. The van der Waals surface area contributed by atoms with Crippen LogP contribution in [0.2, 0.25) is 0 Å². The van der Waals surface area contributed by atoms with Gasteiger partial charge in [-0.1, -0.05) is 0 Å². The number of carboxylic acid groups (broad SMARTS) is 1. The lowest BCUT2D eigenvalue weighted by Crippen LogP contribution is -2.55. The lowest BCUT2D eigenvalue weighted by molar-refractivity contribution is -0.144. The van der Waals surface area contributed by atoms with Crippen molar-refractivity contribution in [2.45, 2.75) is 44.7 Å². The van der Waals surface area contributed by atoms with Crippen LogP contribution in [0, 0.1) is 5.92 Å². The van der Waals surface area contributed by atoms with E-state index in [1.807, 2.05) is 0 Å². The fraction of sp³-hybridized carbons (Fsp3) is 0.933. The Balaban J connectivity index is 1.78. The Morgan fingerprint density at radius 2 is 1.95 bits per heavy atom. The first-order chi connectivity index (χ1) is 9.44. The van der Waals surface area contributed by atoms with Gasteiger partial charge >= 0.3 is 5.97 Å². The predicted octanol–water partition coefficient (Wildman–Crippen LogP) is 0.855. The summed E-state index contributed by atoms with van der Waals surface area (Å²) in [6.45, 7) is 9.57. The summed E-state index contributed by atoms with van der Waals surface area (Å²) in [6, 6.07) is 0.298. The van der Waals surface area contributed by atoms with Gasteiger partial charge in [-0.15, -0.1) is 0 Å². The molecule has 1 heterocycles. The summed E-state index contributed by atoms with van der Waals surface area (Å²) in [4.78, 5) is 16.4. The quantitative estimate of drug-likeness (QED) is 0.726. The van der Waals surface area contributed by atoms with E-state index < -0.39 is 11.5 Å². The van der Waals surface area contributed by atoms with Gasteiger partial charge in [0.15, 0.2) is 0 Å². The van der Waals surface area contributed by atoms with Crippen molar-refractivity contribution in [3.05, 3.63) is 0 Å². The van der Waals surface area contributed by atoms with Gasteiger partial charge < -0.3 is 15.3 Å². The van der Waals surface area contributed by atoms with Gasteiger partial charge in [0.25, 0.3) is 0 Å². The molecule has 1 aliphatic heterocycles. The van der Waals surface area contributed by atoms with E-state index >= 15 is 0 Å². The zero-order valence-electron chi connectivity index (χ0n) is 13.1. The van der Waals surface area contributed by atoms with E-state index in [4.69, 9.17) is 0 Å². The molecule has 5 nitrogen and oxygen atoms in total. The van der Waals surface area contributed by atoms with Crippen LogP contribution in [-0.4, -0.2) is 72.2 Å². The minimum absolute atomic E-state index is 0.298. The van der Waals surface area contributed by atoms with Crippen LogP contribution in [0.1, 0.15) is 33.1 Å². The molecule has 0 radical (unpaired) electrons. The smallest absolute Gasteiger partial charge is 0.323 e. The Kier molecular flexibility index (Phi) is 5.04. The van der Waals surface area contributed by atoms with Crippen molar-refractivity contribution in [1.82, 2.24) is 15.1 Å². The van der Waals surface area contributed by atoms with Gasteiger partial charge in [0, 0.05) is 38.8 Å². The zero-order chi connectivity index (χ0) is 14.8. The molecule has 0 aromatic rings. The fourth-order valence-electron chi connectivity index (χ4n) is 3.07. The molecule has 1 aliphatic carbocycles. The Hall–Kier alpha value is -0.650. The highest BCUT2D eigenvalue weighted by atomic mass is 16.4. The van der Waals surface area contributed by atoms with Crippen LogP contribution in [0.5, 0.6) is 0 Å². The van der Waals surface area contributed by atoms with E-state index in [9.17, 15) is 9.90 Å². The summed E-state index contributed by atoms with van der Waals surface area (Å²) in [5.41, 5.74) is -0.829. The SMILES string of the molecule is CNC(C)(CC(C)N1CCN(CC2CC2)CC1)C(=O)O. The lowest BCUT2D eigenvalue weighted by atomic mass is 9.93. The summed E-state index contributed by atoms with van der Waals surface area (Å²) in [5.74, 6) is 0.192. The Morgan fingerprint density at radius 3 is 2.40 bits per heavy atom. The maximum atomic E-state index is 11.4. The van der Waals surface area contributed by atoms with Gasteiger partial charge in [0.2, 0.25) is 0 Å². The van der Waals surface area contributed by atoms with Gasteiger partial charge in [0.05, 0.1) is 0 Å². The molecule has 5 heteroatoms. The normalized spacial score (nSPS) is 26.1. The Morgan fingerprint density at radius 1 is 1.35 bits per heavy atom. The molecule has 0 aromatic carbocycles. The maximum Gasteiger partial charge on any atom is 0.323 e. The summed E-state index contributed by atoms with van der Waals surface area (Å²) >= 11 is 0. The topological polar surface area (TPSA) is 55.8 Å². The molecule has 20 heavy (non-hydrogen) atoms. The van der Waals surface area contributed by atoms with Gasteiger partial charge in [-0.25, -0.2) is 0 Å². The summed E-state index contributed by atoms with van der Waals surface area (Å²) in [7, 11) is 1.73. The van der Waals surface area contributed by atoms with Crippen LogP contribution < -0.4 is 5.32 Å². The number of hydrogen-bond donors (Lipinski definition) is 2. The fourth-order valence-corrected chi connectivity index (χ4v) is 3.07. The molecular weight excluding hydrogens is 254 g/mol. The number of piperazine rings is 1. The minimum atomic E-state index is -0.829. The highest BCUT2D eigenvalue weighted by molar-refractivity contribution is 5.78. The average Bonchev–Trinajstić information content (AvgIpc) is 3.23. The van der Waals surface area contributed by atoms with Gasteiger partial charge in [-0.3, -0.25) is 9.69 Å².